The van der Waals surface area contributed by atoms with Crippen molar-refractivity contribution >= 4 is 52.5 Å². The topological polar surface area (TPSA) is 74.3 Å². The molecule has 2 heterocycles. The lowest BCUT2D eigenvalue weighted by Crippen LogP contribution is -2.58. The van der Waals surface area contributed by atoms with Crippen LogP contribution in [0.4, 0.5) is 5.69 Å². The van der Waals surface area contributed by atoms with Gasteiger partial charge in [0.05, 0.1) is 25.0 Å². The van der Waals surface area contributed by atoms with Crippen LogP contribution in [0, 0.1) is 5.41 Å². The normalized spacial score (nSPS) is 21.0. The maximum absolute atomic E-state index is 13.7. The van der Waals surface area contributed by atoms with Crippen LogP contribution in [0.2, 0.25) is 10.0 Å². The molecule has 2 atom stereocenters. The number of amides is 1. The van der Waals surface area contributed by atoms with Crippen LogP contribution >= 0.6 is 35.0 Å². The smallest absolute Gasteiger partial charge is 0.344 e. The lowest BCUT2D eigenvalue weighted by molar-refractivity contribution is -0.295. The van der Waals surface area contributed by atoms with Crippen LogP contribution in [-0.4, -0.2) is 48.3 Å². The Morgan fingerprint density at radius 3 is 2.07 bits per heavy atom. The number of halogens is 2. The second-order valence-electron chi connectivity index (χ2n) is 12.8. The molecule has 0 spiro atoms. The molecule has 0 aromatic heterocycles. The lowest BCUT2D eigenvalue weighted by Gasteiger charge is -2.49. The number of benzene rings is 3. The molecule has 7 nitrogen and oxygen atoms in total. The highest BCUT2D eigenvalue weighted by Gasteiger charge is 2.51. The Kier molecular flexibility index (Phi) is 9.59. The van der Waals surface area contributed by atoms with Gasteiger partial charge >= 0.3 is 5.97 Å². The molecule has 2 saturated heterocycles. The Morgan fingerprint density at radius 1 is 0.932 bits per heavy atom. The van der Waals surface area contributed by atoms with Crippen molar-refractivity contribution in [1.29, 1.82) is 0 Å². The molecule has 2 aliphatic heterocycles. The van der Waals surface area contributed by atoms with Crippen LogP contribution in [-0.2, 0) is 29.6 Å². The number of anilines is 1. The summed E-state index contributed by atoms with van der Waals surface area (Å²) in [7, 11) is 0. The van der Waals surface area contributed by atoms with Crippen molar-refractivity contribution < 1.29 is 28.5 Å². The number of rotatable bonds is 9. The average molecular weight is 659 g/mol. The zero-order valence-electron chi connectivity index (χ0n) is 25.5. The van der Waals surface area contributed by atoms with Gasteiger partial charge in [0.25, 0.3) is 0 Å². The van der Waals surface area contributed by atoms with Crippen molar-refractivity contribution in [3.8, 4) is 5.75 Å². The summed E-state index contributed by atoms with van der Waals surface area (Å²) in [4.78, 5) is 27.6. The molecule has 0 radical (unpaired) electrons. The number of ether oxygens (including phenoxy) is 4. The summed E-state index contributed by atoms with van der Waals surface area (Å²) in [6.07, 6.45) is 0. The Balaban J connectivity index is 1.37. The van der Waals surface area contributed by atoms with Crippen LogP contribution < -0.4 is 9.64 Å². The lowest BCUT2D eigenvalue weighted by atomic mass is 9.92. The summed E-state index contributed by atoms with van der Waals surface area (Å²) in [6.45, 7) is 10.5. The van der Waals surface area contributed by atoms with Crippen molar-refractivity contribution in [1.82, 2.24) is 0 Å². The third-order valence-corrected chi connectivity index (χ3v) is 9.15. The number of thioether (sulfide) groups is 1. The molecule has 44 heavy (non-hydrogen) atoms. The van der Waals surface area contributed by atoms with E-state index < -0.39 is 22.6 Å². The molecule has 2 fully saturated rings. The van der Waals surface area contributed by atoms with Crippen molar-refractivity contribution in [3.05, 3.63) is 94.0 Å². The first-order chi connectivity index (χ1) is 20.8. The quantitative estimate of drug-likeness (QED) is 0.171. The van der Waals surface area contributed by atoms with Crippen LogP contribution in [0.15, 0.2) is 72.8 Å². The monoisotopic (exact) mass is 657 g/mol. The predicted molar refractivity (Wildman–Crippen MR) is 175 cm³/mol. The number of nitrogens with zero attached hydrogens (tertiary/aromatic N) is 1. The average Bonchev–Trinajstić information content (AvgIpc) is 2.97. The van der Waals surface area contributed by atoms with Crippen LogP contribution in [0.3, 0.4) is 0 Å². The number of hydrogen-bond acceptors (Lipinski definition) is 7. The summed E-state index contributed by atoms with van der Waals surface area (Å²) in [5.74, 6) is -0.545. The summed E-state index contributed by atoms with van der Waals surface area (Å²) in [6, 6.07) is 21.9. The Morgan fingerprint density at radius 2 is 1.50 bits per heavy atom. The van der Waals surface area contributed by atoms with Gasteiger partial charge in [-0.1, -0.05) is 61.3 Å². The fraction of sp³-hybridized carbons (Fsp3) is 0.412. The van der Waals surface area contributed by atoms with E-state index in [2.05, 4.69) is 13.8 Å². The molecule has 2 unspecified atom stereocenters. The van der Waals surface area contributed by atoms with Crippen molar-refractivity contribution in [2.45, 2.75) is 57.3 Å². The Labute approximate surface area is 273 Å². The van der Waals surface area contributed by atoms with Gasteiger partial charge in [0.15, 0.2) is 6.61 Å². The van der Waals surface area contributed by atoms with Gasteiger partial charge in [0.1, 0.15) is 16.6 Å². The first kappa shape index (κ1) is 32.6. The molecule has 0 N–H and O–H groups in total. The van der Waals surface area contributed by atoms with E-state index in [1.807, 2.05) is 69.3 Å². The predicted octanol–water partition coefficient (Wildman–Crippen LogP) is 7.83. The Hall–Kier alpha value is -2.75. The molecule has 0 bridgehead atoms. The van der Waals surface area contributed by atoms with E-state index in [0.29, 0.717) is 34.8 Å². The van der Waals surface area contributed by atoms with Gasteiger partial charge in [-0.05, 0) is 74.9 Å². The number of β-lactam (4-membered cyclic amide) rings is 1. The third-order valence-electron chi connectivity index (χ3n) is 7.28. The van der Waals surface area contributed by atoms with E-state index in [4.69, 9.17) is 42.1 Å². The van der Waals surface area contributed by atoms with Gasteiger partial charge in [-0.25, -0.2) is 4.79 Å². The zero-order chi connectivity index (χ0) is 31.7. The third kappa shape index (κ3) is 7.54. The maximum Gasteiger partial charge on any atom is 0.344 e. The SMILES string of the molecule is CC1(C)COC(CSC2C(=O)N(c3ccc(Cl)cc3)C2c2ccc(OCC(=O)OC(C)(C)C)cc2)(c2ccc(Cl)cc2)OC1. The summed E-state index contributed by atoms with van der Waals surface area (Å²) in [5, 5.41) is 0.819. The van der Waals surface area contributed by atoms with Crippen molar-refractivity contribution in [2.75, 3.05) is 30.5 Å². The molecule has 2 aliphatic rings. The van der Waals surface area contributed by atoms with Gasteiger partial charge in [-0.3, -0.25) is 4.79 Å². The number of carbonyl (C=O) groups excluding carboxylic acids is 2. The van der Waals surface area contributed by atoms with E-state index in [1.54, 1.807) is 29.2 Å². The first-order valence-electron chi connectivity index (χ1n) is 14.4. The molecule has 0 aliphatic carbocycles. The minimum Gasteiger partial charge on any atom is -0.482 e. The largest absolute Gasteiger partial charge is 0.482 e. The molecular formula is C34H37Cl2NO6S. The zero-order valence-corrected chi connectivity index (χ0v) is 27.8. The summed E-state index contributed by atoms with van der Waals surface area (Å²) in [5.41, 5.74) is 1.82. The van der Waals surface area contributed by atoms with Gasteiger partial charge in [-0.15, -0.1) is 11.8 Å². The van der Waals surface area contributed by atoms with E-state index in [9.17, 15) is 9.59 Å². The van der Waals surface area contributed by atoms with Crippen LogP contribution in [0.1, 0.15) is 51.8 Å². The molecule has 3 aromatic carbocycles. The summed E-state index contributed by atoms with van der Waals surface area (Å²) >= 11 is 13.8. The van der Waals surface area contributed by atoms with Gasteiger partial charge in [0.2, 0.25) is 11.7 Å². The highest BCUT2D eigenvalue weighted by Crippen LogP contribution is 2.48. The highest BCUT2D eigenvalue weighted by molar-refractivity contribution is 8.00. The maximum atomic E-state index is 13.7. The molecule has 234 valence electrons. The van der Waals surface area contributed by atoms with E-state index in [1.165, 1.54) is 11.8 Å². The molecule has 5 rings (SSSR count). The minimum absolute atomic E-state index is 0.0185. The van der Waals surface area contributed by atoms with Crippen LogP contribution in [0.5, 0.6) is 5.75 Å². The van der Waals surface area contributed by atoms with E-state index >= 15 is 0 Å². The fourth-order valence-electron chi connectivity index (χ4n) is 5.06. The molecule has 0 saturated carbocycles. The second kappa shape index (κ2) is 12.9. The molecule has 1 amide bonds. The van der Waals surface area contributed by atoms with Crippen molar-refractivity contribution in [3.63, 3.8) is 0 Å². The van der Waals surface area contributed by atoms with Gasteiger partial charge in [0, 0.05) is 26.7 Å². The Bertz CT molecular complexity index is 1460. The summed E-state index contributed by atoms with van der Waals surface area (Å²) < 4.78 is 23.9. The fourth-order valence-corrected chi connectivity index (χ4v) is 6.76. The van der Waals surface area contributed by atoms with Gasteiger partial charge in [-0.2, -0.15) is 0 Å². The van der Waals surface area contributed by atoms with E-state index in [0.717, 1.165) is 16.8 Å². The number of hydrogen-bond donors (Lipinski definition) is 0. The molecule has 3 aromatic rings. The minimum atomic E-state index is -1.02. The highest BCUT2D eigenvalue weighted by atomic mass is 35.5. The van der Waals surface area contributed by atoms with E-state index in [-0.39, 0.29) is 24.0 Å². The molecule has 10 heteroatoms. The molecular weight excluding hydrogens is 621 g/mol. The standard InChI is InChI=1S/C34H37Cl2NO6S/c1-32(2,3)43-28(38)18-40-27-16-6-22(7-17-27)29-30(31(39)37(29)26-14-12-25(36)13-15-26)44-21-34(23-8-10-24(35)11-9-23)41-19-33(4,5)20-42-34/h6-17,29-30H,18-21H2,1-5H3. The first-order valence-corrected chi connectivity index (χ1v) is 16.2. The number of carbonyl (C=O) groups is 2. The number of esters is 1. The van der Waals surface area contributed by atoms with Crippen molar-refractivity contribution in [2.24, 2.45) is 5.41 Å². The van der Waals surface area contributed by atoms with Crippen LogP contribution in [0.25, 0.3) is 0 Å². The second-order valence-corrected chi connectivity index (χ2v) is 14.8. The van der Waals surface area contributed by atoms with Gasteiger partial charge < -0.3 is 23.8 Å².